The van der Waals surface area contributed by atoms with Gasteiger partial charge in [-0.2, -0.15) is 11.8 Å². The van der Waals surface area contributed by atoms with E-state index >= 15 is 0 Å². The molecular formula is C8H18N2S. The monoisotopic (exact) mass is 174 g/mol. The molecule has 0 aliphatic carbocycles. The van der Waals surface area contributed by atoms with Gasteiger partial charge in [0, 0.05) is 6.04 Å². The van der Waals surface area contributed by atoms with Gasteiger partial charge in [0.25, 0.3) is 0 Å². The zero-order chi connectivity index (χ0) is 8.69. The average Bonchev–Trinajstić information content (AvgIpc) is 1.86. The van der Waals surface area contributed by atoms with Gasteiger partial charge in [0.1, 0.15) is 5.84 Å². The summed E-state index contributed by atoms with van der Waals surface area (Å²) in [6, 6.07) is 0.331. The molecule has 0 radical (unpaired) electrons. The molecule has 0 bridgehead atoms. The highest BCUT2D eigenvalue weighted by molar-refractivity contribution is 7.99. The molecule has 0 saturated carbocycles. The molecule has 0 atom stereocenters. The van der Waals surface area contributed by atoms with Crippen LogP contribution in [-0.2, 0) is 0 Å². The maximum Gasteiger partial charge on any atom is 0.104 e. The number of aliphatic imine (C=N–C) groups is 1. The predicted molar refractivity (Wildman–Crippen MR) is 54.4 cm³/mol. The fourth-order valence-corrected chi connectivity index (χ4v) is 1.41. The van der Waals surface area contributed by atoms with Crippen LogP contribution in [0.2, 0.25) is 0 Å². The Bertz CT molecular complexity index is 121. The van der Waals surface area contributed by atoms with Crippen molar-refractivity contribution < 1.29 is 0 Å². The molecule has 0 unspecified atom stereocenters. The van der Waals surface area contributed by atoms with Crippen LogP contribution in [0, 0.1) is 0 Å². The van der Waals surface area contributed by atoms with Crippen molar-refractivity contribution in [3.05, 3.63) is 0 Å². The maximum atomic E-state index is 5.64. The minimum absolute atomic E-state index is 0.331. The lowest BCUT2D eigenvalue weighted by atomic mass is 10.4. The number of thioether (sulfide) groups is 1. The molecule has 0 heterocycles. The largest absolute Gasteiger partial charge is 0.387 e. The fraction of sp³-hybridized carbons (Fsp3) is 0.875. The fourth-order valence-electron chi connectivity index (χ4n) is 0.690. The number of nitrogens with zero attached hydrogens (tertiary/aromatic N) is 1. The molecule has 66 valence electrons. The summed E-state index contributed by atoms with van der Waals surface area (Å²) in [4.78, 5) is 4.22. The Kier molecular flexibility index (Phi) is 6.42. The van der Waals surface area contributed by atoms with E-state index in [-0.39, 0.29) is 0 Å². The molecule has 0 fully saturated rings. The molecule has 0 saturated heterocycles. The minimum Gasteiger partial charge on any atom is -0.387 e. The van der Waals surface area contributed by atoms with E-state index in [1.54, 1.807) is 0 Å². The van der Waals surface area contributed by atoms with Crippen LogP contribution in [0.3, 0.4) is 0 Å². The van der Waals surface area contributed by atoms with E-state index < -0.39 is 0 Å². The third-order valence-electron chi connectivity index (χ3n) is 1.02. The first-order valence-electron chi connectivity index (χ1n) is 4.06. The summed E-state index contributed by atoms with van der Waals surface area (Å²) in [5, 5.41) is 0. The average molecular weight is 174 g/mol. The van der Waals surface area contributed by atoms with E-state index in [9.17, 15) is 0 Å². The van der Waals surface area contributed by atoms with Crippen LogP contribution >= 0.6 is 11.8 Å². The van der Waals surface area contributed by atoms with Crippen LogP contribution in [0.1, 0.15) is 27.2 Å². The molecule has 0 aliphatic rings. The zero-order valence-electron chi connectivity index (χ0n) is 7.63. The normalized spacial score (nSPS) is 12.5. The molecule has 0 amide bonds. The van der Waals surface area contributed by atoms with Crippen LogP contribution < -0.4 is 5.73 Å². The van der Waals surface area contributed by atoms with Gasteiger partial charge >= 0.3 is 0 Å². The number of hydrogen-bond donors (Lipinski definition) is 1. The summed E-state index contributed by atoms with van der Waals surface area (Å²) < 4.78 is 0. The molecule has 3 heteroatoms. The second-order valence-corrected chi connectivity index (χ2v) is 3.87. The van der Waals surface area contributed by atoms with E-state index in [0.29, 0.717) is 6.04 Å². The topological polar surface area (TPSA) is 38.4 Å². The van der Waals surface area contributed by atoms with Crippen molar-refractivity contribution in [2.75, 3.05) is 11.5 Å². The molecular weight excluding hydrogens is 156 g/mol. The van der Waals surface area contributed by atoms with Crippen molar-refractivity contribution in [2.24, 2.45) is 10.7 Å². The van der Waals surface area contributed by atoms with Gasteiger partial charge in [-0.25, -0.2) is 0 Å². The van der Waals surface area contributed by atoms with Crippen LogP contribution in [0.4, 0.5) is 0 Å². The first kappa shape index (κ1) is 10.8. The summed E-state index contributed by atoms with van der Waals surface area (Å²) >= 11 is 1.85. The Balaban J connectivity index is 3.43. The number of hydrogen-bond acceptors (Lipinski definition) is 2. The highest BCUT2D eigenvalue weighted by atomic mass is 32.2. The SMILES string of the molecule is CCCSCC(N)=NC(C)C. The summed E-state index contributed by atoms with van der Waals surface area (Å²) in [6.07, 6.45) is 1.21. The third kappa shape index (κ3) is 7.72. The van der Waals surface area contributed by atoms with Crippen molar-refractivity contribution in [1.82, 2.24) is 0 Å². The molecule has 0 aromatic heterocycles. The standard InChI is InChI=1S/C8H18N2S/c1-4-5-11-6-8(9)10-7(2)3/h7H,4-6H2,1-3H3,(H2,9,10). The van der Waals surface area contributed by atoms with Crippen LogP contribution in [0.15, 0.2) is 4.99 Å². The van der Waals surface area contributed by atoms with E-state index in [1.165, 1.54) is 12.2 Å². The molecule has 2 nitrogen and oxygen atoms in total. The van der Waals surface area contributed by atoms with Gasteiger partial charge in [0.15, 0.2) is 0 Å². The van der Waals surface area contributed by atoms with Crippen molar-refractivity contribution in [3.8, 4) is 0 Å². The van der Waals surface area contributed by atoms with Gasteiger partial charge in [-0.3, -0.25) is 4.99 Å². The van der Waals surface area contributed by atoms with Gasteiger partial charge < -0.3 is 5.73 Å². The Hall–Kier alpha value is -0.180. The van der Waals surface area contributed by atoms with Gasteiger partial charge in [-0.05, 0) is 26.0 Å². The summed E-state index contributed by atoms with van der Waals surface area (Å²) in [5.41, 5.74) is 5.64. The highest BCUT2D eigenvalue weighted by Gasteiger charge is 1.93. The minimum atomic E-state index is 0.331. The maximum absolute atomic E-state index is 5.64. The summed E-state index contributed by atoms with van der Waals surface area (Å²) in [7, 11) is 0. The van der Waals surface area contributed by atoms with Crippen LogP contribution in [0.25, 0.3) is 0 Å². The van der Waals surface area contributed by atoms with Crippen molar-refractivity contribution >= 4 is 17.6 Å². The molecule has 0 aromatic carbocycles. The predicted octanol–water partition coefficient (Wildman–Crippen LogP) is 1.90. The smallest absolute Gasteiger partial charge is 0.104 e. The van der Waals surface area contributed by atoms with Gasteiger partial charge in [0.2, 0.25) is 0 Å². The number of amidine groups is 1. The van der Waals surface area contributed by atoms with Gasteiger partial charge in [-0.15, -0.1) is 0 Å². The number of nitrogens with two attached hydrogens (primary N) is 1. The van der Waals surface area contributed by atoms with Crippen molar-refractivity contribution in [3.63, 3.8) is 0 Å². The second-order valence-electron chi connectivity index (χ2n) is 2.77. The molecule has 0 rings (SSSR count). The molecule has 0 aromatic rings. The molecule has 2 N–H and O–H groups in total. The lowest BCUT2D eigenvalue weighted by Crippen LogP contribution is -2.17. The zero-order valence-corrected chi connectivity index (χ0v) is 8.45. The molecule has 0 aliphatic heterocycles. The molecule has 11 heavy (non-hydrogen) atoms. The quantitative estimate of drug-likeness (QED) is 0.393. The summed E-state index contributed by atoms with van der Waals surface area (Å²) in [5.74, 6) is 2.83. The van der Waals surface area contributed by atoms with Crippen LogP contribution in [-0.4, -0.2) is 23.4 Å². The van der Waals surface area contributed by atoms with E-state index in [4.69, 9.17) is 5.73 Å². The van der Waals surface area contributed by atoms with E-state index in [1.807, 2.05) is 25.6 Å². The number of rotatable bonds is 5. The second kappa shape index (κ2) is 6.53. The summed E-state index contributed by atoms with van der Waals surface area (Å²) in [6.45, 7) is 6.25. The van der Waals surface area contributed by atoms with Crippen molar-refractivity contribution in [1.29, 1.82) is 0 Å². The van der Waals surface area contributed by atoms with Gasteiger partial charge in [0.05, 0.1) is 5.75 Å². The van der Waals surface area contributed by atoms with Crippen LogP contribution in [0.5, 0.6) is 0 Å². The molecule has 0 spiro atoms. The Morgan fingerprint density at radius 3 is 2.64 bits per heavy atom. The van der Waals surface area contributed by atoms with E-state index in [0.717, 1.165) is 11.6 Å². The van der Waals surface area contributed by atoms with Gasteiger partial charge in [-0.1, -0.05) is 6.92 Å². The Labute approximate surface area is 73.7 Å². The first-order chi connectivity index (χ1) is 5.16. The lowest BCUT2D eigenvalue weighted by Gasteiger charge is -2.01. The highest BCUT2D eigenvalue weighted by Crippen LogP contribution is 2.01. The Morgan fingerprint density at radius 2 is 2.18 bits per heavy atom. The first-order valence-corrected chi connectivity index (χ1v) is 5.22. The van der Waals surface area contributed by atoms with Crippen molar-refractivity contribution in [2.45, 2.75) is 33.2 Å². The Morgan fingerprint density at radius 1 is 1.55 bits per heavy atom. The third-order valence-corrected chi connectivity index (χ3v) is 2.22. The lowest BCUT2D eigenvalue weighted by molar-refractivity contribution is 0.833. The van der Waals surface area contributed by atoms with E-state index in [2.05, 4.69) is 11.9 Å².